The van der Waals surface area contributed by atoms with E-state index < -0.39 is 47.7 Å². The van der Waals surface area contributed by atoms with Crippen molar-refractivity contribution in [1.82, 2.24) is 0 Å². The van der Waals surface area contributed by atoms with E-state index >= 15 is 0 Å². The van der Waals surface area contributed by atoms with Crippen molar-refractivity contribution >= 4 is 47.3 Å². The summed E-state index contributed by atoms with van der Waals surface area (Å²) in [6, 6.07) is 0. The molecule has 0 aliphatic heterocycles. The molecule has 3 atom stereocenters. The van der Waals surface area contributed by atoms with Gasteiger partial charge in [0.05, 0.1) is 19.3 Å². The van der Waals surface area contributed by atoms with E-state index in [1.165, 1.54) is 0 Å². The Morgan fingerprint density at radius 3 is 1.38 bits per heavy atom. The van der Waals surface area contributed by atoms with Gasteiger partial charge in [0.2, 0.25) is 0 Å². The largest absolute Gasteiger partial charge is 0.415 e. The minimum atomic E-state index is -2.01. The molecule has 12 heteroatoms. The summed E-state index contributed by atoms with van der Waals surface area (Å²) in [5.41, 5.74) is 0.716. The van der Waals surface area contributed by atoms with E-state index in [0.717, 1.165) is 0 Å². The molecule has 0 saturated carbocycles. The zero-order chi connectivity index (χ0) is 27.2. The van der Waals surface area contributed by atoms with E-state index in [0.29, 0.717) is 18.9 Å². The maximum absolute atomic E-state index is 6.87. The Balaban J connectivity index is 6.64. The zero-order valence-electron chi connectivity index (χ0n) is 25.0. The van der Waals surface area contributed by atoms with Crippen molar-refractivity contribution in [2.45, 2.75) is 117 Å². The molecule has 0 amide bonds. The molecule has 0 unspecified atom stereocenters. The van der Waals surface area contributed by atoms with Crippen LogP contribution in [-0.4, -0.2) is 85.9 Å². The molecule has 0 aliphatic rings. The second-order valence-corrected chi connectivity index (χ2v) is 36.1. The summed E-state index contributed by atoms with van der Waals surface area (Å²) < 4.78 is 33.1. The number of oxime groups is 1. The maximum Gasteiger partial charge on any atom is 0.184 e. The van der Waals surface area contributed by atoms with Gasteiger partial charge in [-0.1, -0.05) is 5.16 Å². The highest BCUT2D eigenvalue weighted by Gasteiger charge is 2.43. The van der Waals surface area contributed by atoms with Gasteiger partial charge in [0.25, 0.3) is 0 Å². The standard InChI is InChI=1S/C22H55NO6Si5/c1-24-23-19(17-25-30(2,3)4)21(28-33(11,12)13)22(29-34(14,15)16)20(27-32(8,9)10)18-26-31(5,6)7/h20-22H,17-18H2,1-16H3/b23-19+/t20-,21+,22+/m0/s1. The highest BCUT2D eigenvalue weighted by molar-refractivity contribution is 6.71. The molecule has 0 aromatic heterocycles. The lowest BCUT2D eigenvalue weighted by Crippen LogP contribution is -2.58. The highest BCUT2D eigenvalue weighted by atomic mass is 28.4. The summed E-state index contributed by atoms with van der Waals surface area (Å²) in [6.07, 6.45) is -1.10. The molecule has 0 radical (unpaired) electrons. The van der Waals surface area contributed by atoms with Gasteiger partial charge in [0.15, 0.2) is 41.6 Å². The predicted molar refractivity (Wildman–Crippen MR) is 158 cm³/mol. The van der Waals surface area contributed by atoms with Crippen molar-refractivity contribution in [3.8, 4) is 0 Å². The Morgan fingerprint density at radius 1 is 0.588 bits per heavy atom. The highest BCUT2D eigenvalue weighted by Crippen LogP contribution is 2.26. The quantitative estimate of drug-likeness (QED) is 0.123. The van der Waals surface area contributed by atoms with E-state index in [1.807, 2.05) is 0 Å². The fourth-order valence-electron chi connectivity index (χ4n) is 3.00. The molecule has 34 heavy (non-hydrogen) atoms. The van der Waals surface area contributed by atoms with Crippen molar-refractivity contribution in [2.24, 2.45) is 5.16 Å². The molecular weight excluding hydrogens is 515 g/mol. The van der Waals surface area contributed by atoms with Crippen LogP contribution in [0.25, 0.3) is 0 Å². The Hall–Kier alpha value is 0.354. The summed E-state index contributed by atoms with van der Waals surface area (Å²) in [6.45, 7) is 33.6. The van der Waals surface area contributed by atoms with Gasteiger partial charge in [-0.15, -0.1) is 0 Å². The topological polar surface area (TPSA) is 67.7 Å². The zero-order valence-corrected chi connectivity index (χ0v) is 30.0. The second kappa shape index (κ2) is 13.2. The molecule has 0 heterocycles. The molecule has 204 valence electrons. The first-order valence-electron chi connectivity index (χ1n) is 12.3. The van der Waals surface area contributed by atoms with Crippen LogP contribution in [0.15, 0.2) is 5.16 Å². The van der Waals surface area contributed by atoms with Crippen LogP contribution in [0.1, 0.15) is 0 Å². The van der Waals surface area contributed by atoms with Crippen LogP contribution < -0.4 is 0 Å². The van der Waals surface area contributed by atoms with Crippen LogP contribution in [0.3, 0.4) is 0 Å². The molecule has 0 spiro atoms. The van der Waals surface area contributed by atoms with E-state index in [2.05, 4.69) is 103 Å². The number of rotatable bonds is 16. The second-order valence-electron chi connectivity index (χ2n) is 13.7. The molecule has 0 aliphatic carbocycles. The van der Waals surface area contributed by atoms with Crippen molar-refractivity contribution in [3.63, 3.8) is 0 Å². The van der Waals surface area contributed by atoms with Crippen molar-refractivity contribution in [2.75, 3.05) is 20.3 Å². The number of hydrogen-bond acceptors (Lipinski definition) is 7. The van der Waals surface area contributed by atoms with Crippen molar-refractivity contribution in [3.05, 3.63) is 0 Å². The molecule has 0 saturated heterocycles. The first-order valence-corrected chi connectivity index (χ1v) is 29.4. The van der Waals surface area contributed by atoms with Gasteiger partial charge in [-0.3, -0.25) is 0 Å². The lowest BCUT2D eigenvalue weighted by Gasteiger charge is -2.42. The molecule has 0 aromatic carbocycles. The maximum atomic E-state index is 6.87. The third-order valence-corrected chi connectivity index (χ3v) is 9.00. The predicted octanol–water partition coefficient (Wildman–Crippen LogP) is 6.35. The van der Waals surface area contributed by atoms with Gasteiger partial charge >= 0.3 is 0 Å². The molecule has 7 nitrogen and oxygen atoms in total. The Morgan fingerprint density at radius 2 is 1.03 bits per heavy atom. The first-order chi connectivity index (χ1) is 14.9. The van der Waals surface area contributed by atoms with Gasteiger partial charge in [-0.05, 0) is 98.2 Å². The van der Waals surface area contributed by atoms with Gasteiger partial charge in [0, 0.05) is 0 Å². The fraction of sp³-hybridized carbons (Fsp3) is 0.955. The molecule has 0 aromatic rings. The van der Waals surface area contributed by atoms with Gasteiger partial charge in [-0.25, -0.2) is 0 Å². The third-order valence-electron chi connectivity index (χ3n) is 4.01. The average molecular weight is 570 g/mol. The fourth-order valence-corrected chi connectivity index (χ4v) is 7.48. The van der Waals surface area contributed by atoms with Gasteiger partial charge < -0.3 is 27.0 Å². The minimum absolute atomic E-state index is 0.277. The van der Waals surface area contributed by atoms with E-state index in [1.54, 1.807) is 7.11 Å². The van der Waals surface area contributed by atoms with Crippen LogP contribution in [0.5, 0.6) is 0 Å². The first kappa shape index (κ1) is 34.4. The van der Waals surface area contributed by atoms with E-state index in [-0.39, 0.29) is 12.2 Å². The number of hydrogen-bond donors (Lipinski definition) is 0. The lowest BCUT2D eigenvalue weighted by molar-refractivity contribution is -0.0307. The minimum Gasteiger partial charge on any atom is -0.415 e. The van der Waals surface area contributed by atoms with Crippen LogP contribution in [0, 0.1) is 0 Å². The molecule has 0 bridgehead atoms. The average Bonchev–Trinajstić information content (AvgIpc) is 2.54. The third kappa shape index (κ3) is 17.7. The van der Waals surface area contributed by atoms with Crippen LogP contribution in [0.4, 0.5) is 0 Å². The molecule has 0 N–H and O–H groups in total. The molecule has 0 rings (SSSR count). The lowest BCUT2D eigenvalue weighted by atomic mass is 10.0. The monoisotopic (exact) mass is 569 g/mol. The van der Waals surface area contributed by atoms with E-state index in [4.69, 9.17) is 27.0 Å². The summed E-state index contributed by atoms with van der Waals surface area (Å²) in [7, 11) is -7.95. The van der Waals surface area contributed by atoms with Gasteiger partial charge in [-0.2, -0.15) is 0 Å². The normalized spacial score (nSPS) is 17.5. The Labute approximate surface area is 215 Å². The van der Waals surface area contributed by atoms with Crippen LogP contribution >= 0.6 is 0 Å². The Bertz CT molecular complexity index is 630. The van der Waals surface area contributed by atoms with Crippen molar-refractivity contribution < 1.29 is 27.0 Å². The van der Waals surface area contributed by atoms with E-state index in [9.17, 15) is 0 Å². The summed E-state index contributed by atoms with van der Waals surface area (Å²) in [4.78, 5) is 5.30. The smallest absolute Gasteiger partial charge is 0.184 e. The van der Waals surface area contributed by atoms with Crippen LogP contribution in [-0.2, 0) is 27.0 Å². The summed E-state index contributed by atoms with van der Waals surface area (Å²) in [5, 5.41) is 4.42. The Kier molecular flexibility index (Phi) is 13.4. The van der Waals surface area contributed by atoms with Gasteiger partial charge in [0.1, 0.15) is 25.0 Å². The molecule has 0 fully saturated rings. The van der Waals surface area contributed by atoms with Crippen molar-refractivity contribution in [1.29, 1.82) is 0 Å². The SMILES string of the molecule is CO/N=C(\CO[Si](C)(C)C)[C@@H](O[Si](C)(C)C)[C@H](O[Si](C)(C)C)[C@H](CO[Si](C)(C)C)O[Si](C)(C)C. The number of nitrogens with zero attached hydrogens (tertiary/aromatic N) is 1. The van der Waals surface area contributed by atoms with Crippen LogP contribution in [0.2, 0.25) is 98.2 Å². The molecular formula is C22H55NO6Si5. The summed E-state index contributed by atoms with van der Waals surface area (Å²) in [5.74, 6) is 0. The summed E-state index contributed by atoms with van der Waals surface area (Å²) >= 11 is 0.